The molecule has 43 heavy (non-hydrogen) atoms. The number of nitrogen functional groups attached to an aromatic ring is 1. The van der Waals surface area contributed by atoms with Gasteiger partial charge in [-0.25, -0.2) is 4.39 Å². The number of ether oxygens (including phenoxy) is 1. The highest BCUT2D eigenvalue weighted by atomic mass is 35.5. The zero-order chi connectivity index (χ0) is 31.3. The second kappa shape index (κ2) is 14.4. The second-order valence-corrected chi connectivity index (χ2v) is 11.0. The smallest absolute Gasteiger partial charge is 0.376 e. The Morgan fingerprint density at radius 3 is 2.47 bits per heavy atom. The minimum atomic E-state index is -1.28. The summed E-state index contributed by atoms with van der Waals surface area (Å²) < 4.78 is 25.9. The fourth-order valence-electron chi connectivity index (χ4n) is 4.45. The molecular weight excluding hydrogens is 600 g/mol. The number of amides is 2. The van der Waals surface area contributed by atoms with Gasteiger partial charge in [-0.3, -0.25) is 9.59 Å². The highest BCUT2D eigenvalue weighted by Crippen LogP contribution is 2.37. The lowest BCUT2D eigenvalue weighted by Crippen LogP contribution is -2.40. The Labute approximate surface area is 259 Å². The lowest BCUT2D eigenvalue weighted by Gasteiger charge is -2.24. The third-order valence-corrected chi connectivity index (χ3v) is 7.41. The first kappa shape index (κ1) is 32.5. The molecule has 1 aromatic heterocycles. The normalized spacial score (nSPS) is 14.5. The van der Waals surface area contributed by atoms with Gasteiger partial charge in [-0.05, 0) is 56.2 Å². The van der Waals surface area contributed by atoms with E-state index in [0.29, 0.717) is 37.4 Å². The number of nitrogens with zero attached hydrogens (tertiary/aromatic N) is 4. The Morgan fingerprint density at radius 2 is 1.79 bits per heavy atom. The Hall–Kier alpha value is -3.42. The van der Waals surface area contributed by atoms with Gasteiger partial charge < -0.3 is 35.2 Å². The molecule has 0 spiro atoms. The van der Waals surface area contributed by atoms with Crippen LogP contribution in [0.4, 0.5) is 15.9 Å². The molecule has 1 aliphatic rings. The van der Waals surface area contributed by atoms with E-state index in [1.54, 1.807) is 49.6 Å². The summed E-state index contributed by atoms with van der Waals surface area (Å²) in [5, 5.41) is 20.0. The lowest BCUT2D eigenvalue weighted by atomic mass is 9.75. The zero-order valence-electron chi connectivity index (χ0n) is 23.9. The molecule has 0 bridgehead atoms. The molecule has 3 aromatic rings. The fourth-order valence-corrected chi connectivity index (χ4v) is 5.00. The molecule has 1 atom stereocenters. The molecule has 0 unspecified atom stereocenters. The molecule has 226 valence electrons. The molecule has 4 N–H and O–H groups in total. The maximum Gasteiger partial charge on any atom is 0.376 e. The lowest BCUT2D eigenvalue weighted by molar-refractivity contribution is 0.00249. The molecule has 2 heterocycles. The second-order valence-electron chi connectivity index (χ2n) is 10.2. The van der Waals surface area contributed by atoms with Crippen molar-refractivity contribution in [3.8, 4) is 5.75 Å². The maximum absolute atomic E-state index is 14.2. The summed E-state index contributed by atoms with van der Waals surface area (Å²) in [5.41, 5.74) is 6.77. The number of benzene rings is 2. The molecule has 1 fully saturated rings. The molecule has 2 aromatic carbocycles. The van der Waals surface area contributed by atoms with Crippen molar-refractivity contribution in [3.05, 3.63) is 75.1 Å². The van der Waals surface area contributed by atoms with Crippen LogP contribution >= 0.6 is 23.2 Å². The molecule has 0 aliphatic carbocycles. The van der Waals surface area contributed by atoms with Crippen molar-refractivity contribution >= 4 is 60.5 Å². The topological polar surface area (TPSA) is 143 Å². The number of carbonyl (C=O) groups excluding carboxylic acids is 2. The van der Waals surface area contributed by atoms with Crippen molar-refractivity contribution in [1.82, 2.24) is 19.9 Å². The molecule has 11 nitrogen and oxygen atoms in total. The summed E-state index contributed by atoms with van der Waals surface area (Å²) >= 11 is 12.5. The van der Waals surface area contributed by atoms with Crippen molar-refractivity contribution in [3.63, 3.8) is 0 Å². The van der Waals surface area contributed by atoms with E-state index in [4.69, 9.17) is 38.3 Å². The van der Waals surface area contributed by atoms with Gasteiger partial charge >= 0.3 is 7.05 Å². The van der Waals surface area contributed by atoms with E-state index >= 15 is 0 Å². The fraction of sp³-hybridized carbons (Fsp3) is 0.333. The standard InChI is InChI=1S/C27H31B2Cl2FN6O5/c1-28(2)43-27(22-18(30)9-10-19(32)23(22)31)42-21-15-20(35-36-24(21)33)25(39)34-17-7-5-16(6-8-17)26(40)37-11-4-12-38(14-13-37)29(3)41/h5-10,15,27,41H,4,11-14H2,1-3H3,(H2,33,36)(H,34,39)/t27-/m1/s1. The molecular formula is C27H31B2Cl2FN6O5. The number of nitrogens with two attached hydrogens (primary N) is 1. The van der Waals surface area contributed by atoms with Gasteiger partial charge in [0.2, 0.25) is 6.29 Å². The van der Waals surface area contributed by atoms with Crippen molar-refractivity contribution in [2.24, 2.45) is 0 Å². The highest BCUT2D eigenvalue weighted by molar-refractivity contribution is 6.48. The van der Waals surface area contributed by atoms with E-state index in [2.05, 4.69) is 15.5 Å². The minimum Gasteiger partial charge on any atom is -0.458 e. The summed E-state index contributed by atoms with van der Waals surface area (Å²) in [4.78, 5) is 29.7. The number of anilines is 2. The summed E-state index contributed by atoms with van der Waals surface area (Å²) in [5.74, 6) is -1.68. The molecule has 4 rings (SSSR count). The summed E-state index contributed by atoms with van der Waals surface area (Å²) in [6, 6.07) is 10.2. The van der Waals surface area contributed by atoms with E-state index in [1.165, 1.54) is 12.1 Å². The molecule has 2 amide bonds. The van der Waals surface area contributed by atoms with Crippen LogP contribution in [0.25, 0.3) is 0 Å². The minimum absolute atomic E-state index is 0.0503. The van der Waals surface area contributed by atoms with Crippen LogP contribution < -0.4 is 15.8 Å². The number of rotatable bonds is 9. The van der Waals surface area contributed by atoms with Crippen molar-refractivity contribution in [2.45, 2.75) is 33.2 Å². The van der Waals surface area contributed by atoms with E-state index in [9.17, 15) is 19.0 Å². The molecule has 0 radical (unpaired) electrons. The Bertz CT molecular complexity index is 1470. The number of hydrogen-bond acceptors (Lipinski definition) is 9. The monoisotopic (exact) mass is 630 g/mol. The number of aromatic nitrogens is 2. The maximum atomic E-state index is 14.2. The van der Waals surface area contributed by atoms with Crippen LogP contribution in [0, 0.1) is 5.82 Å². The van der Waals surface area contributed by atoms with Crippen LogP contribution in [0.15, 0.2) is 42.5 Å². The van der Waals surface area contributed by atoms with Gasteiger partial charge in [-0.1, -0.05) is 36.8 Å². The average Bonchev–Trinajstić information content (AvgIpc) is 3.23. The highest BCUT2D eigenvalue weighted by Gasteiger charge is 2.27. The van der Waals surface area contributed by atoms with Gasteiger partial charge in [0.15, 0.2) is 17.3 Å². The number of nitrogens with one attached hydrogen (secondary N) is 1. The first-order valence-corrected chi connectivity index (χ1v) is 14.4. The molecule has 1 saturated heterocycles. The van der Waals surface area contributed by atoms with Crippen molar-refractivity contribution in [2.75, 3.05) is 37.2 Å². The Kier molecular flexibility index (Phi) is 10.9. The van der Waals surface area contributed by atoms with Crippen molar-refractivity contribution in [1.29, 1.82) is 0 Å². The van der Waals surface area contributed by atoms with Crippen LogP contribution in [-0.4, -0.2) is 76.9 Å². The van der Waals surface area contributed by atoms with Gasteiger partial charge in [0.1, 0.15) is 5.82 Å². The van der Waals surface area contributed by atoms with E-state index in [-0.39, 0.29) is 45.7 Å². The summed E-state index contributed by atoms with van der Waals surface area (Å²) in [6.07, 6.45) is -0.520. The third kappa shape index (κ3) is 8.15. The summed E-state index contributed by atoms with van der Waals surface area (Å²) in [6.45, 7) is 7.19. The third-order valence-electron chi connectivity index (χ3n) is 6.70. The average molecular weight is 631 g/mol. The van der Waals surface area contributed by atoms with Gasteiger partial charge in [-0.15, -0.1) is 10.2 Å². The molecule has 16 heteroatoms. The number of halogens is 3. The Balaban J connectivity index is 1.47. The van der Waals surface area contributed by atoms with Crippen LogP contribution in [-0.2, 0) is 4.65 Å². The first-order valence-electron chi connectivity index (χ1n) is 13.7. The largest absolute Gasteiger partial charge is 0.458 e. The number of hydrogen-bond donors (Lipinski definition) is 3. The van der Waals surface area contributed by atoms with Gasteiger partial charge in [0, 0.05) is 37.0 Å². The zero-order valence-corrected chi connectivity index (χ0v) is 25.4. The van der Waals surface area contributed by atoms with Crippen molar-refractivity contribution < 1.29 is 28.4 Å². The van der Waals surface area contributed by atoms with E-state index in [1.807, 2.05) is 4.81 Å². The quantitative estimate of drug-likeness (QED) is 0.178. The molecule has 1 aliphatic heterocycles. The first-order chi connectivity index (χ1) is 20.4. The van der Waals surface area contributed by atoms with Gasteiger partial charge in [-0.2, -0.15) is 0 Å². The van der Waals surface area contributed by atoms with E-state index < -0.39 is 25.1 Å². The van der Waals surface area contributed by atoms with E-state index in [0.717, 1.165) is 12.5 Å². The Morgan fingerprint density at radius 1 is 1.07 bits per heavy atom. The van der Waals surface area contributed by atoms with Crippen LogP contribution in [0.5, 0.6) is 5.75 Å². The van der Waals surface area contributed by atoms with Crippen LogP contribution in [0.3, 0.4) is 0 Å². The molecule has 0 saturated carbocycles. The number of carbonyl (C=O) groups is 2. The summed E-state index contributed by atoms with van der Waals surface area (Å²) in [7, 11) is -0.563. The SMILES string of the molecule is CB(C)O[C@@H](Oc1cc(C(=O)Nc2ccc(C(=O)N3CCCN(B(C)O)CC3)cc2)nnc1N)c1c(Cl)ccc(F)c1Cl. The predicted octanol–water partition coefficient (Wildman–Crippen LogP) is 4.36. The predicted molar refractivity (Wildman–Crippen MR) is 165 cm³/mol. The van der Waals surface area contributed by atoms with Crippen LogP contribution in [0.2, 0.25) is 30.5 Å². The van der Waals surface area contributed by atoms with Gasteiger partial charge in [0.05, 0.1) is 15.6 Å². The van der Waals surface area contributed by atoms with Gasteiger partial charge in [0.25, 0.3) is 18.7 Å². The van der Waals surface area contributed by atoms with Crippen LogP contribution in [0.1, 0.15) is 39.1 Å².